The van der Waals surface area contributed by atoms with Crippen molar-refractivity contribution in [1.82, 2.24) is 4.90 Å². The van der Waals surface area contributed by atoms with E-state index in [-0.39, 0.29) is 18.5 Å². The Hall–Kier alpha value is -2.38. The van der Waals surface area contributed by atoms with Gasteiger partial charge in [0.05, 0.1) is 10.8 Å². The molecule has 0 amide bonds. The first-order chi connectivity index (χ1) is 12.5. The van der Waals surface area contributed by atoms with Crippen LogP contribution in [-0.2, 0) is 11.3 Å². The van der Waals surface area contributed by atoms with Crippen LogP contribution in [0.3, 0.4) is 0 Å². The van der Waals surface area contributed by atoms with Gasteiger partial charge < -0.3 is 14.6 Å². The van der Waals surface area contributed by atoms with Gasteiger partial charge in [0.1, 0.15) is 0 Å². The molecule has 0 aliphatic carbocycles. The van der Waals surface area contributed by atoms with Crippen molar-refractivity contribution in [3.05, 3.63) is 45.6 Å². The van der Waals surface area contributed by atoms with Gasteiger partial charge in [-0.05, 0) is 41.6 Å². The van der Waals surface area contributed by atoms with Crippen LogP contribution in [-0.4, -0.2) is 41.6 Å². The lowest BCUT2D eigenvalue weighted by Crippen LogP contribution is -2.23. The van der Waals surface area contributed by atoms with Gasteiger partial charge in [-0.15, -0.1) is 11.3 Å². The fourth-order valence-corrected chi connectivity index (χ4v) is 4.45. The Morgan fingerprint density at radius 2 is 2.04 bits per heavy atom. The maximum absolute atomic E-state index is 11.8. The zero-order valence-electron chi connectivity index (χ0n) is 14.3. The van der Waals surface area contributed by atoms with Gasteiger partial charge in [0.25, 0.3) is 0 Å². The Morgan fingerprint density at radius 3 is 2.77 bits per heavy atom. The predicted molar refractivity (Wildman–Crippen MR) is 96.0 cm³/mol. The molecular weight excluding hydrogens is 354 g/mol. The van der Waals surface area contributed by atoms with Gasteiger partial charge in [0.15, 0.2) is 17.3 Å². The minimum atomic E-state index is -0.787. The summed E-state index contributed by atoms with van der Waals surface area (Å²) in [6, 6.07) is 7.56. The van der Waals surface area contributed by atoms with Crippen LogP contribution in [0.4, 0.5) is 0 Å². The van der Waals surface area contributed by atoms with Crippen LogP contribution in [0, 0.1) is 5.92 Å². The van der Waals surface area contributed by atoms with Gasteiger partial charge in [-0.3, -0.25) is 14.5 Å². The summed E-state index contributed by atoms with van der Waals surface area (Å²) >= 11 is 1.44. The molecule has 0 radical (unpaired) electrons. The molecule has 1 saturated heterocycles. The molecule has 136 valence electrons. The van der Waals surface area contributed by atoms with E-state index in [0.29, 0.717) is 31.1 Å². The van der Waals surface area contributed by atoms with Crippen molar-refractivity contribution in [1.29, 1.82) is 0 Å². The number of aliphatic carboxylic acids is 1. The summed E-state index contributed by atoms with van der Waals surface area (Å²) in [6.45, 7) is 3.55. The number of hydrogen-bond donors (Lipinski definition) is 1. The van der Waals surface area contributed by atoms with Crippen LogP contribution < -0.4 is 9.47 Å². The summed E-state index contributed by atoms with van der Waals surface area (Å²) in [7, 11) is 0. The number of ether oxygens (including phenoxy) is 2. The van der Waals surface area contributed by atoms with Crippen molar-refractivity contribution >= 4 is 23.1 Å². The fourth-order valence-electron chi connectivity index (χ4n) is 3.65. The Labute approximate surface area is 155 Å². The molecule has 1 aromatic carbocycles. The van der Waals surface area contributed by atoms with Gasteiger partial charge in [0.2, 0.25) is 6.79 Å². The quantitative estimate of drug-likeness (QED) is 0.812. The predicted octanol–water partition coefficient (Wildman–Crippen LogP) is 2.98. The van der Waals surface area contributed by atoms with Crippen LogP contribution in [0.5, 0.6) is 11.5 Å². The number of ketones is 1. The number of rotatable bonds is 5. The average Bonchev–Trinajstić information content (AvgIpc) is 3.33. The lowest BCUT2D eigenvalue weighted by Gasteiger charge is -2.16. The molecule has 2 aromatic rings. The van der Waals surface area contributed by atoms with Gasteiger partial charge in [-0.2, -0.15) is 0 Å². The van der Waals surface area contributed by atoms with E-state index in [2.05, 4.69) is 4.90 Å². The second-order valence-electron chi connectivity index (χ2n) is 6.73. The number of hydrogen-bond acceptors (Lipinski definition) is 6. The van der Waals surface area contributed by atoms with Crippen molar-refractivity contribution < 1.29 is 24.2 Å². The van der Waals surface area contributed by atoms with E-state index >= 15 is 0 Å². The van der Waals surface area contributed by atoms with E-state index in [1.165, 1.54) is 11.3 Å². The second-order valence-corrected chi connectivity index (χ2v) is 7.64. The van der Waals surface area contributed by atoms with Gasteiger partial charge in [0, 0.05) is 25.6 Å². The van der Waals surface area contributed by atoms with E-state index in [1.54, 1.807) is 6.92 Å². The number of benzene rings is 1. The third-order valence-electron chi connectivity index (χ3n) is 4.94. The highest BCUT2D eigenvalue weighted by Crippen LogP contribution is 2.39. The lowest BCUT2D eigenvalue weighted by atomic mass is 9.89. The molecule has 2 aliphatic heterocycles. The number of carboxylic acid groups (broad SMARTS) is 1. The normalized spacial score (nSPS) is 21.9. The van der Waals surface area contributed by atoms with Crippen LogP contribution in [0.2, 0.25) is 0 Å². The molecule has 3 heterocycles. The van der Waals surface area contributed by atoms with Crippen LogP contribution in [0.15, 0.2) is 29.6 Å². The third-order valence-corrected chi connectivity index (χ3v) is 6.02. The summed E-state index contributed by atoms with van der Waals surface area (Å²) in [6.07, 6.45) is 0. The SMILES string of the molecule is CC(=O)c1cc(CN2C[C@H](C(=O)O)[C@@H](c3ccc4c(c3)OCO4)C2)cs1. The first kappa shape index (κ1) is 17.1. The molecule has 1 N–H and O–H groups in total. The minimum absolute atomic E-state index is 0.0596. The summed E-state index contributed by atoms with van der Waals surface area (Å²) in [5.41, 5.74) is 2.01. The Morgan fingerprint density at radius 1 is 1.23 bits per heavy atom. The van der Waals surface area contributed by atoms with E-state index < -0.39 is 11.9 Å². The molecule has 7 heteroatoms. The molecule has 26 heavy (non-hydrogen) atoms. The molecule has 4 rings (SSSR count). The highest BCUT2D eigenvalue weighted by molar-refractivity contribution is 7.12. The third kappa shape index (κ3) is 3.20. The van der Waals surface area contributed by atoms with E-state index in [9.17, 15) is 14.7 Å². The number of carbonyl (C=O) groups excluding carboxylic acids is 1. The fraction of sp³-hybridized carbons (Fsp3) is 0.368. The first-order valence-corrected chi connectivity index (χ1v) is 9.32. The maximum atomic E-state index is 11.8. The molecule has 1 fully saturated rings. The molecular formula is C19H19NO5S. The molecule has 2 aliphatic rings. The molecule has 6 nitrogen and oxygen atoms in total. The lowest BCUT2D eigenvalue weighted by molar-refractivity contribution is -0.141. The van der Waals surface area contributed by atoms with Crippen LogP contribution in [0.1, 0.15) is 33.6 Å². The van der Waals surface area contributed by atoms with Crippen molar-refractivity contribution in [2.75, 3.05) is 19.9 Å². The smallest absolute Gasteiger partial charge is 0.308 e. The molecule has 0 bridgehead atoms. The molecule has 0 spiro atoms. The number of fused-ring (bicyclic) bond motifs is 1. The van der Waals surface area contributed by atoms with E-state index in [1.807, 2.05) is 29.6 Å². The highest BCUT2D eigenvalue weighted by Gasteiger charge is 2.39. The van der Waals surface area contributed by atoms with E-state index in [4.69, 9.17) is 9.47 Å². The van der Waals surface area contributed by atoms with Crippen molar-refractivity contribution in [3.8, 4) is 11.5 Å². The zero-order valence-corrected chi connectivity index (χ0v) is 15.1. The molecule has 1 aromatic heterocycles. The number of carbonyl (C=O) groups is 2. The zero-order chi connectivity index (χ0) is 18.3. The number of nitrogens with zero attached hydrogens (tertiary/aromatic N) is 1. The minimum Gasteiger partial charge on any atom is -0.481 e. The van der Waals surface area contributed by atoms with Gasteiger partial charge in [-0.1, -0.05) is 6.07 Å². The molecule has 2 atom stereocenters. The average molecular weight is 373 g/mol. The summed E-state index contributed by atoms with van der Waals surface area (Å²) in [5, 5.41) is 11.6. The van der Waals surface area contributed by atoms with Gasteiger partial charge in [-0.25, -0.2) is 0 Å². The van der Waals surface area contributed by atoms with Crippen molar-refractivity contribution in [2.45, 2.75) is 19.4 Å². The number of likely N-dealkylation sites (tertiary alicyclic amines) is 1. The van der Waals surface area contributed by atoms with Gasteiger partial charge >= 0.3 is 5.97 Å². The molecule has 0 saturated carbocycles. The first-order valence-electron chi connectivity index (χ1n) is 8.44. The van der Waals surface area contributed by atoms with Crippen LogP contribution >= 0.6 is 11.3 Å². The maximum Gasteiger partial charge on any atom is 0.308 e. The van der Waals surface area contributed by atoms with Crippen molar-refractivity contribution in [2.24, 2.45) is 5.92 Å². The second kappa shape index (κ2) is 6.74. The summed E-state index contributed by atoms with van der Waals surface area (Å²) in [5.74, 6) is 0.0722. The standard InChI is InChI=1S/C19H19NO5S/c1-11(21)18-4-12(9-26-18)6-20-7-14(15(8-20)19(22)23)13-2-3-16-17(5-13)25-10-24-16/h2-5,9,14-15H,6-8,10H2,1H3,(H,22,23)/t14-,15+/m1/s1. The Kier molecular flexibility index (Phi) is 4.42. The number of thiophene rings is 1. The topological polar surface area (TPSA) is 76.1 Å². The monoisotopic (exact) mass is 373 g/mol. The Bertz CT molecular complexity index is 861. The van der Waals surface area contributed by atoms with Crippen molar-refractivity contribution in [3.63, 3.8) is 0 Å². The largest absolute Gasteiger partial charge is 0.481 e. The molecule has 0 unspecified atom stereocenters. The summed E-state index contributed by atoms with van der Waals surface area (Å²) in [4.78, 5) is 26.1. The van der Waals surface area contributed by atoms with Crippen LogP contribution in [0.25, 0.3) is 0 Å². The Balaban J connectivity index is 1.53. The highest BCUT2D eigenvalue weighted by atomic mass is 32.1. The van der Waals surface area contributed by atoms with E-state index in [0.717, 1.165) is 16.0 Å². The summed E-state index contributed by atoms with van der Waals surface area (Å²) < 4.78 is 10.8. The number of carboxylic acids is 1. The number of Topliss-reactive ketones (excluding diaryl/α,β-unsaturated/α-hetero) is 1.